The number of ether oxygens (including phenoxy) is 1. The lowest BCUT2D eigenvalue weighted by atomic mass is 10.1. The zero-order valence-electron chi connectivity index (χ0n) is 11.1. The molecule has 5 N–H and O–H groups in total. The Kier molecular flexibility index (Phi) is 4.28. The summed E-state index contributed by atoms with van der Waals surface area (Å²) in [5.74, 6) is -1.58. The van der Waals surface area contributed by atoms with Crippen LogP contribution in [0, 0.1) is 0 Å². The number of aromatic carboxylic acids is 1. The molecular weight excluding hydrogens is 300 g/mol. The molecular formula is C12H14N2O8. The average Bonchev–Trinajstić information content (AvgIpc) is 2.74. The fourth-order valence-electron chi connectivity index (χ4n) is 2.16. The molecule has 5 atom stereocenters. The van der Waals surface area contributed by atoms with Crippen LogP contribution in [0.25, 0.3) is 0 Å². The van der Waals surface area contributed by atoms with Crippen molar-refractivity contribution in [1.82, 2.24) is 9.55 Å². The van der Waals surface area contributed by atoms with Gasteiger partial charge in [0.25, 0.3) is 5.56 Å². The van der Waals surface area contributed by atoms with Gasteiger partial charge in [-0.1, -0.05) is 6.08 Å². The summed E-state index contributed by atoms with van der Waals surface area (Å²) in [4.78, 5) is 35.8. The molecule has 2 rings (SSSR count). The van der Waals surface area contributed by atoms with E-state index in [0.29, 0.717) is 10.8 Å². The van der Waals surface area contributed by atoms with Crippen LogP contribution in [0.3, 0.4) is 0 Å². The van der Waals surface area contributed by atoms with Gasteiger partial charge in [-0.15, -0.1) is 6.58 Å². The highest BCUT2D eigenvalue weighted by Crippen LogP contribution is 2.30. The van der Waals surface area contributed by atoms with Gasteiger partial charge in [-0.05, 0) is 0 Å². The molecule has 1 fully saturated rings. The van der Waals surface area contributed by atoms with Gasteiger partial charge < -0.3 is 25.2 Å². The normalized spacial score (nSPS) is 29.2. The van der Waals surface area contributed by atoms with Crippen molar-refractivity contribution >= 4 is 5.97 Å². The smallest absolute Gasteiger partial charge is 0.342 e. The zero-order valence-corrected chi connectivity index (χ0v) is 11.1. The highest BCUT2D eigenvalue weighted by Gasteiger charge is 2.46. The minimum absolute atomic E-state index is 0.633. The molecule has 0 bridgehead atoms. The number of carbonyl (C=O) groups is 1. The summed E-state index contributed by atoms with van der Waals surface area (Å²) in [5.41, 5.74) is -2.87. The van der Waals surface area contributed by atoms with E-state index in [-0.39, 0.29) is 0 Å². The zero-order chi connectivity index (χ0) is 16.6. The minimum Gasteiger partial charge on any atom is -0.477 e. The lowest BCUT2D eigenvalue weighted by Gasteiger charge is -2.18. The summed E-state index contributed by atoms with van der Waals surface area (Å²) >= 11 is 0. The second kappa shape index (κ2) is 5.85. The molecule has 0 aromatic carbocycles. The maximum Gasteiger partial charge on any atom is 0.342 e. The van der Waals surface area contributed by atoms with Crippen LogP contribution in [0.1, 0.15) is 16.6 Å². The minimum atomic E-state index is -1.62. The Balaban J connectivity index is 2.46. The first-order valence-electron chi connectivity index (χ1n) is 6.19. The quantitative estimate of drug-likeness (QED) is 0.378. The molecule has 1 saturated heterocycles. The molecule has 0 aliphatic carbocycles. The van der Waals surface area contributed by atoms with Crippen molar-refractivity contribution in [2.45, 2.75) is 30.6 Å². The SMILES string of the molecule is C=CC(O)[C@H]1O[C@@H](n2cc(C(=O)O)c(=O)[nH]c2=O)[C@H](O)[C@@H]1O. The number of aromatic amines is 1. The fourth-order valence-corrected chi connectivity index (χ4v) is 2.16. The molecule has 1 aromatic heterocycles. The number of aromatic nitrogens is 2. The first-order valence-corrected chi connectivity index (χ1v) is 6.19. The predicted molar refractivity (Wildman–Crippen MR) is 70.4 cm³/mol. The van der Waals surface area contributed by atoms with E-state index in [1.165, 1.54) is 0 Å². The van der Waals surface area contributed by atoms with Crippen molar-refractivity contribution in [1.29, 1.82) is 0 Å². The molecule has 10 nitrogen and oxygen atoms in total. The van der Waals surface area contributed by atoms with Gasteiger partial charge >= 0.3 is 11.7 Å². The number of nitrogens with zero attached hydrogens (tertiary/aromatic N) is 1. The highest BCUT2D eigenvalue weighted by atomic mass is 16.6. The first kappa shape index (κ1) is 16.1. The van der Waals surface area contributed by atoms with E-state index in [1.807, 2.05) is 0 Å². The van der Waals surface area contributed by atoms with Gasteiger partial charge in [0, 0.05) is 6.20 Å². The van der Waals surface area contributed by atoms with Crippen LogP contribution in [0.5, 0.6) is 0 Å². The summed E-state index contributed by atoms with van der Waals surface area (Å²) in [7, 11) is 0. The fraction of sp³-hybridized carbons (Fsp3) is 0.417. The molecule has 0 saturated carbocycles. The molecule has 10 heteroatoms. The lowest BCUT2D eigenvalue weighted by Crippen LogP contribution is -2.40. The summed E-state index contributed by atoms with van der Waals surface area (Å²) in [5, 5.41) is 38.2. The molecule has 1 aliphatic rings. The van der Waals surface area contributed by atoms with Crippen LogP contribution in [0.15, 0.2) is 28.4 Å². The van der Waals surface area contributed by atoms with Crippen LogP contribution in [-0.2, 0) is 4.74 Å². The maximum absolute atomic E-state index is 11.8. The summed E-state index contributed by atoms with van der Waals surface area (Å²) in [6, 6.07) is 0. The van der Waals surface area contributed by atoms with Gasteiger partial charge in [0.15, 0.2) is 6.23 Å². The van der Waals surface area contributed by atoms with Crippen molar-refractivity contribution in [2.24, 2.45) is 0 Å². The number of aliphatic hydroxyl groups excluding tert-OH is 3. The Hall–Kier alpha value is -2.27. The Bertz CT molecular complexity index is 708. The predicted octanol–water partition coefficient (Wildman–Crippen LogP) is -2.60. The molecule has 0 amide bonds. The third kappa shape index (κ3) is 2.60. The second-order valence-corrected chi connectivity index (χ2v) is 4.71. The van der Waals surface area contributed by atoms with Crippen LogP contribution in [0.4, 0.5) is 0 Å². The Labute approximate surface area is 122 Å². The number of rotatable bonds is 4. The lowest BCUT2D eigenvalue weighted by molar-refractivity contribution is -0.0728. The first-order chi connectivity index (χ1) is 10.3. The van der Waals surface area contributed by atoms with Crippen LogP contribution in [0.2, 0.25) is 0 Å². The number of hydrogen-bond donors (Lipinski definition) is 5. The molecule has 0 spiro atoms. The van der Waals surface area contributed by atoms with Crippen molar-refractivity contribution in [3.05, 3.63) is 45.3 Å². The van der Waals surface area contributed by atoms with Gasteiger partial charge in [0.2, 0.25) is 0 Å². The van der Waals surface area contributed by atoms with Crippen molar-refractivity contribution in [3.63, 3.8) is 0 Å². The van der Waals surface area contributed by atoms with Gasteiger partial charge in [-0.25, -0.2) is 9.59 Å². The monoisotopic (exact) mass is 314 g/mol. The van der Waals surface area contributed by atoms with Crippen LogP contribution >= 0.6 is 0 Å². The summed E-state index contributed by atoms with van der Waals surface area (Å²) < 4.78 is 5.84. The van der Waals surface area contributed by atoms with Gasteiger partial charge in [-0.2, -0.15) is 0 Å². The molecule has 1 aliphatic heterocycles. The van der Waals surface area contributed by atoms with Crippen LogP contribution in [-0.4, -0.2) is 60.4 Å². The van der Waals surface area contributed by atoms with Crippen LogP contribution < -0.4 is 11.2 Å². The van der Waals surface area contributed by atoms with Crippen molar-refractivity contribution in [2.75, 3.05) is 0 Å². The summed E-state index contributed by atoms with van der Waals surface area (Å²) in [6.45, 7) is 3.31. The summed E-state index contributed by atoms with van der Waals surface area (Å²) in [6.07, 6.45) is -5.43. The second-order valence-electron chi connectivity index (χ2n) is 4.71. The van der Waals surface area contributed by atoms with E-state index in [4.69, 9.17) is 9.84 Å². The molecule has 1 aromatic rings. The standard InChI is InChI=1S/C12H14N2O8/c1-2-5(15)8-6(16)7(17)10(22-8)14-3-4(11(19)20)9(18)13-12(14)21/h2-3,5-8,10,15-17H,1H2,(H,19,20)(H,13,18,21)/t5?,6-,7+,8+,10+/m0/s1. The Morgan fingerprint density at radius 1 is 1.41 bits per heavy atom. The molecule has 2 heterocycles. The number of carboxylic acids is 1. The topological polar surface area (TPSA) is 162 Å². The Morgan fingerprint density at radius 2 is 2.05 bits per heavy atom. The number of nitrogens with one attached hydrogen (secondary N) is 1. The largest absolute Gasteiger partial charge is 0.477 e. The number of H-pyrrole nitrogens is 1. The third-order valence-corrected chi connectivity index (χ3v) is 3.33. The van der Waals surface area contributed by atoms with Crippen molar-refractivity contribution in [3.8, 4) is 0 Å². The average molecular weight is 314 g/mol. The van der Waals surface area contributed by atoms with Gasteiger partial charge in [0.05, 0.1) is 0 Å². The number of hydrogen-bond acceptors (Lipinski definition) is 7. The third-order valence-electron chi connectivity index (χ3n) is 3.33. The van der Waals surface area contributed by atoms with E-state index >= 15 is 0 Å². The van der Waals surface area contributed by atoms with Gasteiger partial charge in [0.1, 0.15) is 30.0 Å². The maximum atomic E-state index is 11.8. The van der Waals surface area contributed by atoms with E-state index in [2.05, 4.69) is 6.58 Å². The Morgan fingerprint density at radius 3 is 2.59 bits per heavy atom. The molecule has 22 heavy (non-hydrogen) atoms. The van der Waals surface area contributed by atoms with E-state index in [1.54, 1.807) is 4.98 Å². The number of carboxylic acid groups (broad SMARTS) is 1. The molecule has 0 radical (unpaired) electrons. The van der Waals surface area contributed by atoms with E-state index in [9.17, 15) is 29.7 Å². The van der Waals surface area contributed by atoms with Gasteiger partial charge in [-0.3, -0.25) is 14.3 Å². The highest BCUT2D eigenvalue weighted by molar-refractivity contribution is 5.86. The van der Waals surface area contributed by atoms with Crippen molar-refractivity contribution < 1.29 is 30.0 Å². The molecule has 1 unspecified atom stereocenters. The van der Waals surface area contributed by atoms with E-state index < -0.39 is 53.4 Å². The molecule has 120 valence electrons. The number of aliphatic hydroxyl groups is 3. The van der Waals surface area contributed by atoms with E-state index in [0.717, 1.165) is 6.08 Å².